The molecule has 200 valence electrons. The zero-order chi connectivity index (χ0) is 27.1. The molecular formula is C27H31F7O2. The average molecular weight is 521 g/mol. The zero-order valence-electron chi connectivity index (χ0n) is 20.2. The van der Waals surface area contributed by atoms with Gasteiger partial charge in [0.1, 0.15) is 6.17 Å². The molecule has 0 aromatic rings. The lowest BCUT2D eigenvalue weighted by Crippen LogP contribution is -2.55. The summed E-state index contributed by atoms with van der Waals surface area (Å²) in [4.78, 5) is 0. The first-order chi connectivity index (χ1) is 16.5. The van der Waals surface area contributed by atoms with Crippen LogP contribution in [0.25, 0.3) is 0 Å². The van der Waals surface area contributed by atoms with Crippen LogP contribution < -0.4 is 0 Å². The van der Waals surface area contributed by atoms with E-state index in [4.69, 9.17) is 0 Å². The first-order valence-electron chi connectivity index (χ1n) is 12.0. The SMILES string of the molecule is C=C1/C(=C\C=C2/CCC[C@]3(C)C([C@H](C)CC#CC(O)(C(F)(F)F)C(F)(F)F)=CC[C@@H]23)C[C@@H](O)C[C@@H]1F. The molecule has 0 bridgehead atoms. The van der Waals surface area contributed by atoms with Crippen molar-refractivity contribution in [3.8, 4) is 11.8 Å². The van der Waals surface area contributed by atoms with Crippen LogP contribution in [0.2, 0.25) is 0 Å². The molecule has 0 aliphatic heterocycles. The van der Waals surface area contributed by atoms with Crippen molar-refractivity contribution in [2.75, 3.05) is 0 Å². The molecule has 0 radical (unpaired) electrons. The summed E-state index contributed by atoms with van der Waals surface area (Å²) in [6.45, 7) is 7.56. The topological polar surface area (TPSA) is 40.5 Å². The number of alkyl halides is 7. The number of fused-ring (bicyclic) bond motifs is 1. The van der Waals surface area contributed by atoms with Gasteiger partial charge in [-0.1, -0.05) is 55.7 Å². The van der Waals surface area contributed by atoms with Crippen molar-refractivity contribution in [3.63, 3.8) is 0 Å². The van der Waals surface area contributed by atoms with Crippen molar-refractivity contribution >= 4 is 0 Å². The minimum Gasteiger partial charge on any atom is -0.393 e. The van der Waals surface area contributed by atoms with Gasteiger partial charge in [-0.05, 0) is 66.4 Å². The average Bonchev–Trinajstić information content (AvgIpc) is 3.11. The molecule has 0 spiro atoms. The summed E-state index contributed by atoms with van der Waals surface area (Å²) in [5, 5.41) is 19.2. The quantitative estimate of drug-likeness (QED) is 0.241. The Balaban J connectivity index is 1.78. The summed E-state index contributed by atoms with van der Waals surface area (Å²) in [5.41, 5.74) is -2.31. The van der Waals surface area contributed by atoms with Crippen LogP contribution in [0.15, 0.2) is 47.1 Å². The molecule has 5 atom stereocenters. The largest absolute Gasteiger partial charge is 0.438 e. The van der Waals surface area contributed by atoms with Gasteiger partial charge in [0.15, 0.2) is 0 Å². The molecule has 0 saturated heterocycles. The smallest absolute Gasteiger partial charge is 0.393 e. The van der Waals surface area contributed by atoms with Crippen LogP contribution in [0, 0.1) is 29.1 Å². The highest BCUT2D eigenvalue weighted by Gasteiger charge is 2.70. The Morgan fingerprint density at radius 2 is 1.83 bits per heavy atom. The predicted molar refractivity (Wildman–Crippen MR) is 122 cm³/mol. The maximum atomic E-state index is 14.1. The third kappa shape index (κ3) is 5.31. The molecule has 36 heavy (non-hydrogen) atoms. The Labute approximate surface area is 206 Å². The van der Waals surface area contributed by atoms with E-state index in [-0.39, 0.29) is 24.2 Å². The minimum atomic E-state index is -5.97. The van der Waals surface area contributed by atoms with Gasteiger partial charge in [-0.15, -0.1) is 0 Å². The van der Waals surface area contributed by atoms with Crippen LogP contribution in [-0.4, -0.2) is 40.4 Å². The second-order valence-corrected chi connectivity index (χ2v) is 10.4. The van der Waals surface area contributed by atoms with Crippen molar-refractivity contribution < 1.29 is 40.9 Å². The summed E-state index contributed by atoms with van der Waals surface area (Å²) in [6, 6.07) is 0. The van der Waals surface area contributed by atoms with Crippen molar-refractivity contribution in [2.24, 2.45) is 17.3 Å². The molecule has 9 heteroatoms. The second kappa shape index (κ2) is 10.0. The molecular weight excluding hydrogens is 489 g/mol. The van der Waals surface area contributed by atoms with E-state index >= 15 is 0 Å². The lowest BCUT2D eigenvalue weighted by atomic mass is 9.62. The number of halogens is 7. The van der Waals surface area contributed by atoms with Crippen LogP contribution in [0.1, 0.15) is 58.8 Å². The van der Waals surface area contributed by atoms with E-state index < -0.39 is 36.1 Å². The number of rotatable bonds is 3. The Bertz CT molecular complexity index is 1010. The van der Waals surface area contributed by atoms with E-state index in [1.807, 2.05) is 25.0 Å². The number of hydrogen-bond donors (Lipinski definition) is 2. The van der Waals surface area contributed by atoms with Crippen LogP contribution in [0.3, 0.4) is 0 Å². The first kappa shape index (κ1) is 28.5. The normalized spacial score (nSPS) is 32.7. The summed E-state index contributed by atoms with van der Waals surface area (Å²) < 4.78 is 91.4. The summed E-state index contributed by atoms with van der Waals surface area (Å²) >= 11 is 0. The highest BCUT2D eigenvalue weighted by atomic mass is 19.4. The number of hydrogen-bond acceptors (Lipinski definition) is 2. The Kier molecular flexibility index (Phi) is 7.93. The molecule has 0 heterocycles. The van der Waals surface area contributed by atoms with Gasteiger partial charge in [0.2, 0.25) is 0 Å². The molecule has 2 nitrogen and oxygen atoms in total. The third-order valence-electron chi connectivity index (χ3n) is 7.86. The maximum absolute atomic E-state index is 14.1. The van der Waals surface area contributed by atoms with Gasteiger partial charge in [-0.25, -0.2) is 4.39 Å². The zero-order valence-corrected chi connectivity index (χ0v) is 20.2. The summed E-state index contributed by atoms with van der Waals surface area (Å²) in [6.07, 6.45) is -5.01. The van der Waals surface area contributed by atoms with Gasteiger partial charge in [-0.2, -0.15) is 26.3 Å². The highest BCUT2D eigenvalue weighted by Crippen LogP contribution is 2.57. The number of allylic oxidation sites excluding steroid dienone is 6. The lowest BCUT2D eigenvalue weighted by molar-refractivity contribution is -0.343. The van der Waals surface area contributed by atoms with E-state index in [9.17, 15) is 40.9 Å². The fraction of sp³-hybridized carbons (Fsp3) is 0.630. The van der Waals surface area contributed by atoms with E-state index in [2.05, 4.69) is 6.58 Å². The third-order valence-corrected chi connectivity index (χ3v) is 7.86. The van der Waals surface area contributed by atoms with E-state index in [0.717, 1.165) is 36.3 Å². The van der Waals surface area contributed by atoms with Crippen molar-refractivity contribution in [3.05, 3.63) is 47.1 Å². The molecule has 3 aliphatic rings. The van der Waals surface area contributed by atoms with Gasteiger partial charge >= 0.3 is 18.0 Å². The van der Waals surface area contributed by atoms with Gasteiger partial charge < -0.3 is 10.2 Å². The van der Waals surface area contributed by atoms with Gasteiger partial charge in [0, 0.05) is 12.8 Å². The van der Waals surface area contributed by atoms with Crippen LogP contribution >= 0.6 is 0 Å². The molecule has 0 aromatic heterocycles. The van der Waals surface area contributed by atoms with Crippen molar-refractivity contribution in [1.29, 1.82) is 0 Å². The number of aliphatic hydroxyl groups excluding tert-OH is 1. The maximum Gasteiger partial charge on any atom is 0.438 e. The highest BCUT2D eigenvalue weighted by molar-refractivity contribution is 5.40. The second-order valence-electron chi connectivity index (χ2n) is 10.4. The molecule has 2 fully saturated rings. The van der Waals surface area contributed by atoms with Crippen LogP contribution in [0.4, 0.5) is 30.7 Å². The van der Waals surface area contributed by atoms with E-state index in [1.165, 1.54) is 0 Å². The van der Waals surface area contributed by atoms with E-state index in [1.54, 1.807) is 13.0 Å². The van der Waals surface area contributed by atoms with Gasteiger partial charge in [0.25, 0.3) is 0 Å². The monoisotopic (exact) mass is 520 g/mol. The predicted octanol–water partition coefficient (Wildman–Crippen LogP) is 6.91. The molecule has 2 N–H and O–H groups in total. The van der Waals surface area contributed by atoms with Gasteiger partial charge in [0.05, 0.1) is 6.10 Å². The minimum absolute atomic E-state index is 0.0326. The summed E-state index contributed by atoms with van der Waals surface area (Å²) in [7, 11) is 0. The molecule has 3 rings (SSSR count). The molecule has 0 unspecified atom stereocenters. The standard InChI is InChI=1S/C27H31F7O2/c1-16(6-4-13-25(36,26(29,30)31)27(32,33)34)21-10-11-22-18(7-5-12-24(21,22)3)8-9-19-14-20(35)15-23(28)17(19)2/h8-10,16,20,22-23,35-36H,2,5-7,11-12,14-15H2,1,3H3/b18-8+,19-9-/t16-,20-,22+,23+,24-/m1/s1. The molecule has 3 aliphatic carbocycles. The first-order valence-corrected chi connectivity index (χ1v) is 12.0. The van der Waals surface area contributed by atoms with Crippen molar-refractivity contribution in [2.45, 2.75) is 89.0 Å². The summed E-state index contributed by atoms with van der Waals surface area (Å²) in [5.74, 6) is 2.68. The van der Waals surface area contributed by atoms with Gasteiger partial charge in [-0.3, -0.25) is 0 Å². The lowest BCUT2D eigenvalue weighted by Gasteiger charge is -2.42. The molecule has 2 saturated carbocycles. The Morgan fingerprint density at radius 3 is 2.44 bits per heavy atom. The Hall–Kier alpha value is -2.05. The fourth-order valence-electron chi connectivity index (χ4n) is 5.79. The molecule has 0 aromatic carbocycles. The van der Waals surface area contributed by atoms with E-state index in [0.29, 0.717) is 24.0 Å². The fourth-order valence-corrected chi connectivity index (χ4v) is 5.79. The number of aliphatic hydroxyl groups is 2. The van der Waals surface area contributed by atoms with Crippen LogP contribution in [-0.2, 0) is 0 Å². The van der Waals surface area contributed by atoms with Crippen LogP contribution in [0.5, 0.6) is 0 Å². The Morgan fingerprint density at radius 1 is 1.19 bits per heavy atom. The molecule has 0 amide bonds. The van der Waals surface area contributed by atoms with Crippen molar-refractivity contribution in [1.82, 2.24) is 0 Å².